The first-order valence-electron chi connectivity index (χ1n) is 8.12. The lowest BCUT2D eigenvalue weighted by Crippen LogP contribution is -2.22. The van der Waals surface area contributed by atoms with Crippen LogP contribution >= 0.6 is 11.3 Å². The van der Waals surface area contributed by atoms with Gasteiger partial charge in [-0.2, -0.15) is 0 Å². The lowest BCUT2D eigenvalue weighted by atomic mass is 10.2. The quantitative estimate of drug-likeness (QED) is 0.703. The number of benzene rings is 1. The summed E-state index contributed by atoms with van der Waals surface area (Å²) in [7, 11) is 2.01. The number of nitrogens with zero attached hydrogens (tertiary/aromatic N) is 2. The Morgan fingerprint density at radius 3 is 2.72 bits per heavy atom. The van der Waals surface area contributed by atoms with E-state index in [1.54, 1.807) is 17.4 Å². The van der Waals surface area contributed by atoms with E-state index in [2.05, 4.69) is 27.5 Å². The molecule has 0 spiro atoms. The topological polar surface area (TPSA) is 58.4 Å². The van der Waals surface area contributed by atoms with Gasteiger partial charge in [0.15, 0.2) is 11.5 Å². The van der Waals surface area contributed by atoms with Gasteiger partial charge in [0.05, 0.1) is 13.1 Å². The second kappa shape index (κ2) is 8.09. The molecule has 1 N–H and O–H groups in total. The van der Waals surface area contributed by atoms with Gasteiger partial charge in [-0.3, -0.25) is 9.69 Å². The maximum Gasteiger partial charge on any atom is 0.273 e. The molecule has 0 radical (unpaired) electrons. The van der Waals surface area contributed by atoms with E-state index >= 15 is 0 Å². The molecule has 2 heterocycles. The van der Waals surface area contributed by atoms with Crippen LogP contribution in [-0.2, 0) is 19.6 Å². The maximum atomic E-state index is 12.2. The first kappa shape index (κ1) is 17.4. The van der Waals surface area contributed by atoms with Crippen LogP contribution in [0.3, 0.4) is 0 Å². The normalized spacial score (nSPS) is 11.0. The molecule has 0 aliphatic rings. The highest BCUT2D eigenvalue weighted by atomic mass is 32.1. The van der Waals surface area contributed by atoms with Crippen LogP contribution < -0.4 is 5.32 Å². The summed E-state index contributed by atoms with van der Waals surface area (Å²) < 4.78 is 5.30. The van der Waals surface area contributed by atoms with Crippen molar-refractivity contribution < 1.29 is 9.32 Å². The second-order valence-electron chi connectivity index (χ2n) is 6.03. The molecule has 5 nitrogen and oxygen atoms in total. The highest BCUT2D eigenvalue weighted by molar-refractivity contribution is 7.11. The molecule has 0 fully saturated rings. The van der Waals surface area contributed by atoms with Gasteiger partial charge in [-0.1, -0.05) is 35.5 Å². The molecule has 0 unspecified atom stereocenters. The van der Waals surface area contributed by atoms with Gasteiger partial charge in [0.25, 0.3) is 5.91 Å². The molecular weight excluding hydrogens is 334 g/mol. The number of hydrogen-bond donors (Lipinski definition) is 1. The predicted octanol–water partition coefficient (Wildman–Crippen LogP) is 3.61. The molecule has 3 rings (SSSR count). The first-order valence-corrected chi connectivity index (χ1v) is 8.93. The van der Waals surface area contributed by atoms with Crippen LogP contribution in [0.2, 0.25) is 0 Å². The van der Waals surface area contributed by atoms with Crippen molar-refractivity contribution in [2.24, 2.45) is 0 Å². The number of aryl methyl sites for hydroxylation is 1. The molecule has 1 aromatic carbocycles. The summed E-state index contributed by atoms with van der Waals surface area (Å²) in [4.78, 5) is 16.6. The summed E-state index contributed by atoms with van der Waals surface area (Å²) in [5.41, 5.74) is 1.55. The second-order valence-corrected chi connectivity index (χ2v) is 7.40. The monoisotopic (exact) mass is 355 g/mol. The molecule has 1 amide bonds. The van der Waals surface area contributed by atoms with E-state index in [0.717, 1.165) is 11.4 Å². The van der Waals surface area contributed by atoms with E-state index in [1.807, 2.05) is 44.3 Å². The Kier molecular flexibility index (Phi) is 5.63. The standard InChI is InChI=1S/C19H21N3O2S/c1-14-8-9-17(25-14)11-20-19(23)18-10-16(24-21-18)13-22(2)12-15-6-4-3-5-7-15/h3-10H,11-13H2,1-2H3,(H,20,23). The van der Waals surface area contributed by atoms with Crippen molar-refractivity contribution in [2.75, 3.05) is 7.05 Å². The minimum Gasteiger partial charge on any atom is -0.359 e. The van der Waals surface area contributed by atoms with Crippen molar-refractivity contribution in [1.29, 1.82) is 0 Å². The average molecular weight is 355 g/mol. The Morgan fingerprint density at radius 1 is 1.20 bits per heavy atom. The van der Waals surface area contributed by atoms with Crippen LogP contribution in [-0.4, -0.2) is 23.0 Å². The van der Waals surface area contributed by atoms with E-state index in [4.69, 9.17) is 4.52 Å². The Hall–Kier alpha value is -2.44. The summed E-state index contributed by atoms with van der Waals surface area (Å²) in [5, 5.41) is 6.75. The van der Waals surface area contributed by atoms with Crippen molar-refractivity contribution in [3.63, 3.8) is 0 Å². The minimum atomic E-state index is -0.216. The van der Waals surface area contributed by atoms with Crippen molar-refractivity contribution >= 4 is 17.2 Å². The Balaban J connectivity index is 1.51. The van der Waals surface area contributed by atoms with Gasteiger partial charge in [0.1, 0.15) is 0 Å². The Labute approximate surface area is 151 Å². The van der Waals surface area contributed by atoms with Crippen LogP contribution in [0, 0.1) is 6.92 Å². The molecule has 130 valence electrons. The molecule has 3 aromatic rings. The van der Waals surface area contributed by atoms with E-state index in [0.29, 0.717) is 24.5 Å². The van der Waals surface area contributed by atoms with E-state index in [1.165, 1.54) is 10.4 Å². The van der Waals surface area contributed by atoms with Crippen LogP contribution in [0.1, 0.15) is 31.6 Å². The molecule has 0 aliphatic carbocycles. The Bertz CT molecular complexity index is 826. The number of hydrogen-bond acceptors (Lipinski definition) is 5. The number of amides is 1. The van der Waals surface area contributed by atoms with Crippen LogP contribution in [0.15, 0.2) is 53.1 Å². The summed E-state index contributed by atoms with van der Waals surface area (Å²) >= 11 is 1.67. The molecule has 25 heavy (non-hydrogen) atoms. The molecule has 2 aromatic heterocycles. The summed E-state index contributed by atoms with van der Waals surface area (Å²) in [6.07, 6.45) is 0. The fourth-order valence-electron chi connectivity index (χ4n) is 2.55. The lowest BCUT2D eigenvalue weighted by molar-refractivity contribution is 0.0942. The van der Waals surface area contributed by atoms with Crippen molar-refractivity contribution in [3.05, 3.63) is 75.3 Å². The molecule has 0 bridgehead atoms. The maximum absolute atomic E-state index is 12.2. The minimum absolute atomic E-state index is 0.216. The number of aromatic nitrogens is 1. The molecular formula is C19H21N3O2S. The van der Waals surface area contributed by atoms with Gasteiger partial charge in [0, 0.05) is 22.4 Å². The van der Waals surface area contributed by atoms with E-state index < -0.39 is 0 Å². The fraction of sp³-hybridized carbons (Fsp3) is 0.263. The Morgan fingerprint density at radius 2 is 2.00 bits per heavy atom. The largest absolute Gasteiger partial charge is 0.359 e. The van der Waals surface area contributed by atoms with Gasteiger partial charge in [-0.25, -0.2) is 0 Å². The van der Waals surface area contributed by atoms with Crippen molar-refractivity contribution in [3.8, 4) is 0 Å². The number of rotatable bonds is 7. The number of carbonyl (C=O) groups excluding carboxylic acids is 1. The summed E-state index contributed by atoms with van der Waals surface area (Å²) in [6, 6.07) is 16.0. The molecule has 0 atom stereocenters. The third-order valence-corrected chi connectivity index (χ3v) is 4.73. The molecule has 0 saturated heterocycles. The zero-order chi connectivity index (χ0) is 17.6. The van der Waals surface area contributed by atoms with Gasteiger partial charge in [-0.05, 0) is 31.7 Å². The van der Waals surface area contributed by atoms with E-state index in [-0.39, 0.29) is 5.91 Å². The van der Waals surface area contributed by atoms with Crippen LogP contribution in [0.25, 0.3) is 0 Å². The fourth-order valence-corrected chi connectivity index (χ4v) is 3.38. The van der Waals surface area contributed by atoms with Crippen molar-refractivity contribution in [1.82, 2.24) is 15.4 Å². The van der Waals surface area contributed by atoms with Gasteiger partial charge >= 0.3 is 0 Å². The van der Waals surface area contributed by atoms with Gasteiger partial charge < -0.3 is 9.84 Å². The number of nitrogens with one attached hydrogen (secondary N) is 1. The van der Waals surface area contributed by atoms with Crippen LogP contribution in [0.4, 0.5) is 0 Å². The number of thiophene rings is 1. The van der Waals surface area contributed by atoms with E-state index in [9.17, 15) is 4.79 Å². The smallest absolute Gasteiger partial charge is 0.273 e. The highest BCUT2D eigenvalue weighted by Gasteiger charge is 2.14. The third kappa shape index (κ3) is 5.01. The van der Waals surface area contributed by atoms with Gasteiger partial charge in [0.2, 0.25) is 0 Å². The first-order chi connectivity index (χ1) is 12.1. The SMILES string of the molecule is Cc1ccc(CNC(=O)c2cc(CN(C)Cc3ccccc3)on2)s1. The molecule has 6 heteroatoms. The van der Waals surface area contributed by atoms with Gasteiger partial charge in [-0.15, -0.1) is 11.3 Å². The molecule has 0 saturated carbocycles. The number of carbonyl (C=O) groups is 1. The zero-order valence-corrected chi connectivity index (χ0v) is 15.2. The predicted molar refractivity (Wildman–Crippen MR) is 98.3 cm³/mol. The van der Waals surface area contributed by atoms with Crippen LogP contribution in [0.5, 0.6) is 0 Å². The zero-order valence-electron chi connectivity index (χ0n) is 14.4. The average Bonchev–Trinajstić information content (AvgIpc) is 3.22. The summed E-state index contributed by atoms with van der Waals surface area (Å²) in [6.45, 7) is 3.96. The third-order valence-electron chi connectivity index (χ3n) is 3.73. The summed E-state index contributed by atoms with van der Waals surface area (Å²) in [5.74, 6) is 0.460. The lowest BCUT2D eigenvalue weighted by Gasteiger charge is -2.14. The molecule has 0 aliphatic heterocycles. The van der Waals surface area contributed by atoms with Crippen molar-refractivity contribution in [2.45, 2.75) is 26.6 Å². The highest BCUT2D eigenvalue weighted by Crippen LogP contribution is 2.15.